The van der Waals surface area contributed by atoms with Crippen LogP contribution in [0.25, 0.3) is 0 Å². The van der Waals surface area contributed by atoms with Gasteiger partial charge in [-0.1, -0.05) is 24.3 Å². The number of nitrogens with zero attached hydrogens (tertiary/aromatic N) is 2. The summed E-state index contributed by atoms with van der Waals surface area (Å²) in [5.74, 6) is -0.811. The summed E-state index contributed by atoms with van der Waals surface area (Å²) in [6.07, 6.45) is 2.25. The minimum Gasteiger partial charge on any atom is -0.481 e. The minimum absolute atomic E-state index is 0.0262. The standard InChI is InChI=1S/C17H22N2O3/c1-17(15(20)21)8-4-9-19(12-17)16(22)18-10-7-13-5-2-3-6-14(13)11-18/h2-3,5-6H,4,7-12H2,1H3,(H,20,21). The minimum atomic E-state index is -0.818. The lowest BCUT2D eigenvalue weighted by Crippen LogP contribution is -2.53. The fraction of sp³-hybridized carbons (Fsp3) is 0.529. The van der Waals surface area contributed by atoms with Crippen LogP contribution in [-0.2, 0) is 17.8 Å². The highest BCUT2D eigenvalue weighted by Gasteiger charge is 2.40. The Morgan fingerprint density at radius 2 is 1.86 bits per heavy atom. The highest BCUT2D eigenvalue weighted by atomic mass is 16.4. The second-order valence-electron chi connectivity index (χ2n) is 6.61. The lowest BCUT2D eigenvalue weighted by molar-refractivity contribution is -0.150. The van der Waals surface area contributed by atoms with Gasteiger partial charge < -0.3 is 14.9 Å². The van der Waals surface area contributed by atoms with Gasteiger partial charge in [-0.05, 0) is 37.3 Å². The van der Waals surface area contributed by atoms with Crippen LogP contribution < -0.4 is 0 Å². The maximum atomic E-state index is 12.7. The summed E-state index contributed by atoms with van der Waals surface area (Å²) in [4.78, 5) is 27.7. The summed E-state index contributed by atoms with van der Waals surface area (Å²) in [5.41, 5.74) is 1.68. The van der Waals surface area contributed by atoms with Crippen molar-refractivity contribution in [2.45, 2.75) is 32.7 Å². The molecule has 2 aliphatic rings. The number of carboxylic acid groups (broad SMARTS) is 1. The van der Waals surface area contributed by atoms with Gasteiger partial charge in [-0.2, -0.15) is 0 Å². The summed E-state index contributed by atoms with van der Waals surface area (Å²) in [7, 11) is 0. The Labute approximate surface area is 130 Å². The number of urea groups is 1. The number of amides is 2. The van der Waals surface area contributed by atoms with Crippen molar-refractivity contribution in [1.82, 2.24) is 9.80 Å². The zero-order chi connectivity index (χ0) is 15.7. The number of carbonyl (C=O) groups excluding carboxylic acids is 1. The lowest BCUT2D eigenvalue weighted by atomic mass is 9.82. The third kappa shape index (κ3) is 2.67. The average molecular weight is 302 g/mol. The maximum Gasteiger partial charge on any atom is 0.320 e. The van der Waals surface area contributed by atoms with E-state index in [-0.39, 0.29) is 6.03 Å². The van der Waals surface area contributed by atoms with E-state index < -0.39 is 11.4 Å². The molecule has 118 valence electrons. The molecule has 2 heterocycles. The number of hydrogen-bond acceptors (Lipinski definition) is 2. The van der Waals surface area contributed by atoms with E-state index in [4.69, 9.17) is 0 Å². The first-order valence-corrected chi connectivity index (χ1v) is 7.84. The largest absolute Gasteiger partial charge is 0.481 e. The Balaban J connectivity index is 1.71. The Morgan fingerprint density at radius 3 is 2.59 bits per heavy atom. The Kier molecular flexibility index (Phi) is 3.81. The van der Waals surface area contributed by atoms with Gasteiger partial charge in [0.2, 0.25) is 0 Å². The van der Waals surface area contributed by atoms with E-state index in [2.05, 4.69) is 12.1 Å². The number of carbonyl (C=O) groups is 2. The molecule has 1 unspecified atom stereocenters. The fourth-order valence-electron chi connectivity index (χ4n) is 3.44. The van der Waals surface area contributed by atoms with Crippen LogP contribution in [0.1, 0.15) is 30.9 Å². The molecule has 1 atom stereocenters. The van der Waals surface area contributed by atoms with Crippen molar-refractivity contribution in [3.8, 4) is 0 Å². The van der Waals surface area contributed by atoms with E-state index in [0.717, 1.165) is 12.8 Å². The third-order valence-electron chi connectivity index (χ3n) is 4.88. The Morgan fingerprint density at radius 1 is 1.14 bits per heavy atom. The summed E-state index contributed by atoms with van der Waals surface area (Å²) >= 11 is 0. The van der Waals surface area contributed by atoms with E-state index >= 15 is 0 Å². The maximum absolute atomic E-state index is 12.7. The average Bonchev–Trinajstić information content (AvgIpc) is 2.53. The van der Waals surface area contributed by atoms with E-state index in [9.17, 15) is 14.7 Å². The second-order valence-corrected chi connectivity index (χ2v) is 6.61. The Bertz CT molecular complexity index is 601. The van der Waals surface area contributed by atoms with Crippen LogP contribution in [0.3, 0.4) is 0 Å². The molecule has 0 bridgehead atoms. The zero-order valence-corrected chi connectivity index (χ0v) is 12.9. The van der Waals surface area contributed by atoms with Gasteiger partial charge in [-0.25, -0.2) is 4.79 Å². The van der Waals surface area contributed by atoms with Crippen LogP contribution in [0, 0.1) is 5.41 Å². The number of carboxylic acids is 1. The predicted octanol–water partition coefficient (Wildman–Crippen LogP) is 2.35. The summed E-state index contributed by atoms with van der Waals surface area (Å²) in [5, 5.41) is 9.39. The van der Waals surface area contributed by atoms with Gasteiger partial charge in [0, 0.05) is 26.2 Å². The van der Waals surface area contributed by atoms with E-state index in [1.54, 1.807) is 11.8 Å². The van der Waals surface area contributed by atoms with E-state index in [1.807, 2.05) is 17.0 Å². The van der Waals surface area contributed by atoms with Gasteiger partial charge in [0.25, 0.3) is 0 Å². The molecule has 1 saturated heterocycles. The smallest absolute Gasteiger partial charge is 0.320 e. The Hall–Kier alpha value is -2.04. The van der Waals surface area contributed by atoms with Gasteiger partial charge >= 0.3 is 12.0 Å². The van der Waals surface area contributed by atoms with E-state index in [0.29, 0.717) is 32.6 Å². The van der Waals surface area contributed by atoms with Gasteiger partial charge in [-0.15, -0.1) is 0 Å². The first-order chi connectivity index (χ1) is 10.5. The molecule has 5 nitrogen and oxygen atoms in total. The SMILES string of the molecule is CC1(C(=O)O)CCCN(C(=O)N2CCc3ccccc3C2)C1. The molecule has 0 aromatic heterocycles. The lowest BCUT2D eigenvalue weighted by Gasteiger charge is -2.41. The fourth-order valence-corrected chi connectivity index (χ4v) is 3.44. The van der Waals surface area contributed by atoms with Crippen LogP contribution in [0.15, 0.2) is 24.3 Å². The van der Waals surface area contributed by atoms with Crippen molar-refractivity contribution in [2.75, 3.05) is 19.6 Å². The molecule has 0 saturated carbocycles. The molecule has 1 aromatic carbocycles. The first kappa shape index (κ1) is 14.9. The molecule has 0 radical (unpaired) electrons. The molecule has 1 aromatic rings. The van der Waals surface area contributed by atoms with Crippen LogP contribution in [0.4, 0.5) is 4.79 Å². The van der Waals surface area contributed by atoms with Gasteiger partial charge in [0.1, 0.15) is 0 Å². The van der Waals surface area contributed by atoms with Crippen LogP contribution in [0.2, 0.25) is 0 Å². The second kappa shape index (κ2) is 5.63. The molecule has 22 heavy (non-hydrogen) atoms. The number of benzene rings is 1. The summed E-state index contributed by atoms with van der Waals surface area (Å²) in [6.45, 7) is 4.02. The topological polar surface area (TPSA) is 60.9 Å². The molecule has 0 aliphatic carbocycles. The molecule has 0 spiro atoms. The van der Waals surface area contributed by atoms with Crippen molar-refractivity contribution in [1.29, 1.82) is 0 Å². The monoisotopic (exact) mass is 302 g/mol. The number of fused-ring (bicyclic) bond motifs is 1. The summed E-state index contributed by atoms with van der Waals surface area (Å²) in [6, 6.07) is 8.17. The predicted molar refractivity (Wildman–Crippen MR) is 82.5 cm³/mol. The molecule has 2 amide bonds. The van der Waals surface area contributed by atoms with E-state index in [1.165, 1.54) is 11.1 Å². The van der Waals surface area contributed by atoms with Crippen molar-refractivity contribution in [3.63, 3.8) is 0 Å². The highest BCUT2D eigenvalue weighted by Crippen LogP contribution is 2.31. The van der Waals surface area contributed by atoms with Crippen LogP contribution in [-0.4, -0.2) is 46.5 Å². The molecular formula is C17H22N2O3. The quantitative estimate of drug-likeness (QED) is 0.866. The number of rotatable bonds is 1. The molecule has 1 fully saturated rings. The molecule has 1 N–H and O–H groups in total. The first-order valence-electron chi connectivity index (χ1n) is 7.84. The van der Waals surface area contributed by atoms with Crippen molar-refractivity contribution in [3.05, 3.63) is 35.4 Å². The van der Waals surface area contributed by atoms with Crippen LogP contribution in [0.5, 0.6) is 0 Å². The molecule has 5 heteroatoms. The number of hydrogen-bond donors (Lipinski definition) is 1. The number of likely N-dealkylation sites (tertiary alicyclic amines) is 1. The van der Waals surface area contributed by atoms with Crippen molar-refractivity contribution >= 4 is 12.0 Å². The highest BCUT2D eigenvalue weighted by molar-refractivity contribution is 5.78. The van der Waals surface area contributed by atoms with Gasteiger partial charge in [-0.3, -0.25) is 4.79 Å². The number of piperidine rings is 1. The normalized spacial score (nSPS) is 24.8. The van der Waals surface area contributed by atoms with Crippen molar-refractivity contribution in [2.24, 2.45) is 5.41 Å². The molecule has 3 rings (SSSR count). The molecular weight excluding hydrogens is 280 g/mol. The van der Waals surface area contributed by atoms with Crippen LogP contribution >= 0.6 is 0 Å². The third-order valence-corrected chi connectivity index (χ3v) is 4.88. The number of aliphatic carboxylic acids is 1. The zero-order valence-electron chi connectivity index (χ0n) is 12.9. The van der Waals surface area contributed by atoms with Crippen molar-refractivity contribution < 1.29 is 14.7 Å². The van der Waals surface area contributed by atoms with Gasteiger partial charge in [0.05, 0.1) is 5.41 Å². The summed E-state index contributed by atoms with van der Waals surface area (Å²) < 4.78 is 0. The van der Waals surface area contributed by atoms with Gasteiger partial charge in [0.15, 0.2) is 0 Å². The molecule has 2 aliphatic heterocycles.